The van der Waals surface area contributed by atoms with Gasteiger partial charge in [0.05, 0.1) is 4.90 Å². The summed E-state index contributed by atoms with van der Waals surface area (Å²) < 4.78 is 31.4. The van der Waals surface area contributed by atoms with Gasteiger partial charge >= 0.3 is 0 Å². The summed E-state index contributed by atoms with van der Waals surface area (Å²) in [6, 6.07) is 3.92. The largest absolute Gasteiger partial charge is 0.508 e. The molecule has 0 heterocycles. The molecule has 1 aromatic rings. The number of hydrogen-bond donors (Lipinski definition) is 2. The summed E-state index contributed by atoms with van der Waals surface area (Å²) in [6.07, 6.45) is 17.2. The second-order valence-electron chi connectivity index (χ2n) is 7.26. The Bertz CT molecular complexity index is 596. The normalized spacial score (nSPS) is 11.8. The van der Waals surface area contributed by atoms with Gasteiger partial charge < -0.3 is 5.11 Å². The van der Waals surface area contributed by atoms with Crippen molar-refractivity contribution in [2.24, 2.45) is 0 Å². The molecule has 0 aliphatic rings. The molecule has 0 aliphatic carbocycles. The molecule has 0 bridgehead atoms. The van der Waals surface area contributed by atoms with E-state index < -0.39 is 10.1 Å². The molecule has 0 atom stereocenters. The number of rotatable bonds is 15. The van der Waals surface area contributed by atoms with Crippen molar-refractivity contribution in [3.8, 4) is 5.75 Å². The quantitative estimate of drug-likeness (QED) is 0.276. The van der Waals surface area contributed by atoms with E-state index in [1.165, 1.54) is 88.8 Å². The maximum absolute atomic E-state index is 11.2. The molecule has 0 saturated heterocycles. The van der Waals surface area contributed by atoms with Crippen molar-refractivity contribution < 1.29 is 18.1 Å². The maximum Gasteiger partial charge on any atom is 0.294 e. The van der Waals surface area contributed by atoms with Gasteiger partial charge in [-0.05, 0) is 36.6 Å². The van der Waals surface area contributed by atoms with Crippen LogP contribution in [-0.4, -0.2) is 18.1 Å². The van der Waals surface area contributed by atoms with Gasteiger partial charge in [0, 0.05) is 0 Å². The number of unbranched alkanes of at least 4 members (excludes halogenated alkanes) is 12. The van der Waals surface area contributed by atoms with Gasteiger partial charge in [-0.2, -0.15) is 8.42 Å². The molecule has 0 saturated carbocycles. The van der Waals surface area contributed by atoms with E-state index in [2.05, 4.69) is 6.92 Å². The molecular weight excluding hydrogens is 348 g/mol. The molecule has 0 spiro atoms. The lowest BCUT2D eigenvalue weighted by Gasteiger charge is -2.07. The highest BCUT2D eigenvalue weighted by Gasteiger charge is 2.12. The van der Waals surface area contributed by atoms with Crippen LogP contribution in [0.3, 0.4) is 0 Å². The Labute approximate surface area is 159 Å². The van der Waals surface area contributed by atoms with Gasteiger partial charge in [0.15, 0.2) is 0 Å². The van der Waals surface area contributed by atoms with Crippen LogP contribution in [0.25, 0.3) is 0 Å². The van der Waals surface area contributed by atoms with Crippen molar-refractivity contribution in [1.29, 1.82) is 0 Å². The first kappa shape index (κ1) is 23.0. The summed E-state index contributed by atoms with van der Waals surface area (Å²) in [4.78, 5) is -0.153. The Kier molecular flexibility index (Phi) is 11.6. The van der Waals surface area contributed by atoms with Crippen LogP contribution in [0.15, 0.2) is 23.1 Å². The molecule has 26 heavy (non-hydrogen) atoms. The van der Waals surface area contributed by atoms with E-state index in [0.29, 0.717) is 12.0 Å². The smallest absolute Gasteiger partial charge is 0.294 e. The highest BCUT2D eigenvalue weighted by Crippen LogP contribution is 2.23. The minimum Gasteiger partial charge on any atom is -0.508 e. The van der Waals surface area contributed by atoms with Gasteiger partial charge in [-0.25, -0.2) is 0 Å². The standard InChI is InChI=1S/C21H36O4S/c1-2-3-4-5-6-7-8-9-10-11-12-13-14-15-19-18-20(26(23,24)25)16-17-21(19)22/h16-18,22H,2-15H2,1H3,(H,23,24,25). The fourth-order valence-electron chi connectivity index (χ4n) is 3.26. The number of phenolic OH excluding ortho intramolecular Hbond substituents is 1. The summed E-state index contributed by atoms with van der Waals surface area (Å²) in [5, 5.41) is 9.82. The van der Waals surface area contributed by atoms with Crippen molar-refractivity contribution in [3.05, 3.63) is 23.8 Å². The molecule has 0 aliphatic heterocycles. The summed E-state index contributed by atoms with van der Waals surface area (Å²) in [5.41, 5.74) is 0.586. The minimum atomic E-state index is -4.21. The van der Waals surface area contributed by atoms with E-state index in [0.717, 1.165) is 12.8 Å². The lowest BCUT2D eigenvalue weighted by Crippen LogP contribution is -1.99. The molecule has 0 unspecified atom stereocenters. The minimum absolute atomic E-state index is 0.0938. The van der Waals surface area contributed by atoms with E-state index >= 15 is 0 Å². The highest BCUT2D eigenvalue weighted by molar-refractivity contribution is 7.85. The van der Waals surface area contributed by atoms with Gasteiger partial charge in [0.25, 0.3) is 10.1 Å². The first-order chi connectivity index (χ1) is 12.4. The van der Waals surface area contributed by atoms with Gasteiger partial charge in [-0.15, -0.1) is 0 Å². The zero-order valence-electron chi connectivity index (χ0n) is 16.3. The summed E-state index contributed by atoms with van der Waals surface area (Å²) >= 11 is 0. The molecule has 150 valence electrons. The number of aromatic hydroxyl groups is 1. The molecule has 0 radical (unpaired) electrons. The Morgan fingerprint density at radius 2 is 1.23 bits per heavy atom. The molecule has 2 N–H and O–H groups in total. The monoisotopic (exact) mass is 384 g/mol. The van der Waals surface area contributed by atoms with Crippen LogP contribution < -0.4 is 0 Å². The number of phenols is 1. The third-order valence-corrected chi connectivity index (χ3v) is 5.75. The third-order valence-electron chi connectivity index (χ3n) is 4.90. The van der Waals surface area contributed by atoms with E-state index in [-0.39, 0.29) is 10.6 Å². The molecule has 4 nitrogen and oxygen atoms in total. The van der Waals surface area contributed by atoms with Crippen LogP contribution in [0.4, 0.5) is 0 Å². The number of aryl methyl sites for hydroxylation is 1. The molecular formula is C21H36O4S. The van der Waals surface area contributed by atoms with Gasteiger partial charge in [0.2, 0.25) is 0 Å². The molecule has 0 amide bonds. The predicted molar refractivity (Wildman–Crippen MR) is 107 cm³/mol. The van der Waals surface area contributed by atoms with Crippen molar-refractivity contribution in [2.75, 3.05) is 0 Å². The molecule has 0 fully saturated rings. The second-order valence-corrected chi connectivity index (χ2v) is 8.68. The van der Waals surface area contributed by atoms with E-state index in [9.17, 15) is 13.5 Å². The molecule has 5 heteroatoms. The van der Waals surface area contributed by atoms with Crippen LogP contribution in [0.1, 0.15) is 96.0 Å². The van der Waals surface area contributed by atoms with Crippen molar-refractivity contribution in [3.63, 3.8) is 0 Å². The lowest BCUT2D eigenvalue weighted by molar-refractivity contribution is 0.463. The van der Waals surface area contributed by atoms with Crippen LogP contribution in [0, 0.1) is 0 Å². The Balaban J connectivity index is 2.06. The van der Waals surface area contributed by atoms with Crippen LogP contribution in [0.5, 0.6) is 5.75 Å². The highest BCUT2D eigenvalue weighted by atomic mass is 32.2. The summed E-state index contributed by atoms with van der Waals surface area (Å²) in [7, 11) is -4.21. The maximum atomic E-state index is 11.2. The average Bonchev–Trinajstić information content (AvgIpc) is 2.59. The Hall–Kier alpha value is -1.07. The molecule has 1 rings (SSSR count). The Morgan fingerprint density at radius 3 is 1.69 bits per heavy atom. The van der Waals surface area contributed by atoms with Gasteiger partial charge in [-0.3, -0.25) is 4.55 Å². The van der Waals surface area contributed by atoms with E-state index in [1.807, 2.05) is 0 Å². The predicted octanol–water partition coefficient (Wildman–Crippen LogP) is 6.27. The molecule has 0 aromatic heterocycles. The average molecular weight is 385 g/mol. The van der Waals surface area contributed by atoms with Crippen molar-refractivity contribution >= 4 is 10.1 Å². The van der Waals surface area contributed by atoms with Gasteiger partial charge in [-0.1, -0.05) is 84.0 Å². The van der Waals surface area contributed by atoms with Crippen molar-refractivity contribution in [1.82, 2.24) is 0 Å². The summed E-state index contributed by atoms with van der Waals surface area (Å²) in [6.45, 7) is 2.25. The van der Waals surface area contributed by atoms with Crippen LogP contribution in [-0.2, 0) is 16.5 Å². The second kappa shape index (κ2) is 13.2. The van der Waals surface area contributed by atoms with Gasteiger partial charge in [0.1, 0.15) is 5.75 Å². The Morgan fingerprint density at radius 1 is 0.769 bits per heavy atom. The van der Waals surface area contributed by atoms with E-state index in [4.69, 9.17) is 4.55 Å². The topological polar surface area (TPSA) is 74.6 Å². The number of benzene rings is 1. The first-order valence-corrected chi connectivity index (χ1v) is 11.7. The fourth-order valence-corrected chi connectivity index (χ4v) is 3.79. The zero-order chi connectivity index (χ0) is 19.3. The van der Waals surface area contributed by atoms with Crippen LogP contribution in [0.2, 0.25) is 0 Å². The lowest BCUT2D eigenvalue weighted by atomic mass is 10.0. The molecule has 1 aromatic carbocycles. The third kappa shape index (κ3) is 10.2. The first-order valence-electron chi connectivity index (χ1n) is 10.2. The SMILES string of the molecule is CCCCCCCCCCCCCCCc1cc(S(=O)(=O)O)ccc1O. The summed E-state index contributed by atoms with van der Waals surface area (Å²) in [5.74, 6) is 0.0938. The van der Waals surface area contributed by atoms with Crippen LogP contribution >= 0.6 is 0 Å². The zero-order valence-corrected chi connectivity index (χ0v) is 17.1. The fraction of sp³-hybridized carbons (Fsp3) is 0.714. The number of hydrogen-bond acceptors (Lipinski definition) is 3. The van der Waals surface area contributed by atoms with Crippen molar-refractivity contribution in [2.45, 2.75) is 102 Å². The van der Waals surface area contributed by atoms with E-state index in [1.54, 1.807) is 0 Å².